The Bertz CT molecular complexity index is 276. The van der Waals surface area contributed by atoms with Crippen molar-refractivity contribution >= 4 is 23.1 Å². The highest BCUT2D eigenvalue weighted by atomic mass is 32.2. The average Bonchev–Trinajstić information content (AvgIpc) is 2.50. The molecule has 1 unspecified atom stereocenters. The molecule has 0 aliphatic rings. The van der Waals surface area contributed by atoms with Crippen LogP contribution in [0.1, 0.15) is 11.8 Å². The molecule has 58 valence electrons. The molecule has 4 heteroatoms. The van der Waals surface area contributed by atoms with Gasteiger partial charge in [0, 0.05) is 5.38 Å². The molecule has 0 aliphatic carbocycles. The lowest BCUT2D eigenvalue weighted by Crippen LogP contribution is -1.92. The summed E-state index contributed by atoms with van der Waals surface area (Å²) in [7, 11) is 0. The van der Waals surface area contributed by atoms with Gasteiger partial charge in [-0.25, -0.2) is 4.98 Å². The topological polar surface area (TPSA) is 33.1 Å². The van der Waals surface area contributed by atoms with Gasteiger partial charge < -0.3 is 5.11 Å². The summed E-state index contributed by atoms with van der Waals surface area (Å²) in [5.74, 6) is 2.21. The number of hydrogen-bond donors (Lipinski definition) is 1. The van der Waals surface area contributed by atoms with Gasteiger partial charge in [0.15, 0.2) is 6.10 Å². The minimum Gasteiger partial charge on any atom is -0.374 e. The van der Waals surface area contributed by atoms with Crippen molar-refractivity contribution in [3.8, 4) is 12.3 Å². The van der Waals surface area contributed by atoms with Crippen LogP contribution in [0.3, 0.4) is 0 Å². The minimum absolute atomic E-state index is 0.571. The molecule has 1 rings (SSSR count). The molecule has 1 aromatic rings. The van der Waals surface area contributed by atoms with Crippen LogP contribution in [0.4, 0.5) is 0 Å². The molecular formula is C7H7NOS2. The Kier molecular flexibility index (Phi) is 2.94. The highest BCUT2D eigenvalue weighted by molar-refractivity contribution is 8.00. The van der Waals surface area contributed by atoms with Crippen LogP contribution in [0.2, 0.25) is 0 Å². The highest BCUT2D eigenvalue weighted by Crippen LogP contribution is 2.22. The van der Waals surface area contributed by atoms with Crippen molar-refractivity contribution in [2.24, 2.45) is 0 Å². The van der Waals surface area contributed by atoms with E-state index >= 15 is 0 Å². The van der Waals surface area contributed by atoms with Gasteiger partial charge in [0.1, 0.15) is 4.34 Å². The van der Waals surface area contributed by atoms with Crippen molar-refractivity contribution < 1.29 is 5.11 Å². The molecule has 1 aromatic heterocycles. The summed E-state index contributed by atoms with van der Waals surface area (Å²) >= 11 is 3.03. The number of hydrogen-bond acceptors (Lipinski definition) is 4. The normalized spacial score (nSPS) is 12.5. The van der Waals surface area contributed by atoms with Crippen molar-refractivity contribution in [3.05, 3.63) is 11.1 Å². The molecular weight excluding hydrogens is 178 g/mol. The maximum Gasteiger partial charge on any atom is 0.157 e. The van der Waals surface area contributed by atoms with Gasteiger partial charge >= 0.3 is 0 Å². The van der Waals surface area contributed by atoms with Gasteiger partial charge in [0.05, 0.1) is 5.69 Å². The van der Waals surface area contributed by atoms with Crippen molar-refractivity contribution in [1.82, 2.24) is 4.98 Å². The van der Waals surface area contributed by atoms with E-state index < -0.39 is 6.10 Å². The van der Waals surface area contributed by atoms with E-state index in [-0.39, 0.29) is 0 Å². The first kappa shape index (κ1) is 8.60. The molecule has 1 N–H and O–H groups in total. The van der Waals surface area contributed by atoms with Crippen LogP contribution in [0.25, 0.3) is 0 Å². The molecule has 0 saturated carbocycles. The Morgan fingerprint density at radius 1 is 1.91 bits per heavy atom. The summed E-state index contributed by atoms with van der Waals surface area (Å²) in [5, 5.41) is 10.9. The molecule has 0 aliphatic heterocycles. The fourth-order valence-electron chi connectivity index (χ4n) is 0.574. The maximum atomic E-state index is 9.14. The van der Waals surface area contributed by atoms with Crippen molar-refractivity contribution in [2.75, 3.05) is 6.26 Å². The summed E-state index contributed by atoms with van der Waals surface area (Å²) in [4.78, 5) is 4.09. The van der Waals surface area contributed by atoms with Gasteiger partial charge in [0.25, 0.3) is 0 Å². The third-order valence-electron chi connectivity index (χ3n) is 1.11. The predicted octanol–water partition coefficient (Wildman–Crippen LogP) is 1.53. The van der Waals surface area contributed by atoms with Crippen LogP contribution in [-0.2, 0) is 0 Å². The lowest BCUT2D eigenvalue weighted by Gasteiger charge is -1.94. The number of rotatable bonds is 2. The minimum atomic E-state index is -0.854. The number of aromatic nitrogens is 1. The van der Waals surface area contributed by atoms with Crippen LogP contribution >= 0.6 is 23.1 Å². The summed E-state index contributed by atoms with van der Waals surface area (Å²) in [6.07, 6.45) is 6.09. The van der Waals surface area contributed by atoms with Gasteiger partial charge in [-0.05, 0) is 6.26 Å². The van der Waals surface area contributed by atoms with Gasteiger partial charge in [-0.3, -0.25) is 0 Å². The predicted molar refractivity (Wildman–Crippen MR) is 47.7 cm³/mol. The number of thioether (sulfide) groups is 1. The second kappa shape index (κ2) is 3.77. The van der Waals surface area contributed by atoms with E-state index in [1.54, 1.807) is 17.1 Å². The fourth-order valence-corrected chi connectivity index (χ4v) is 1.86. The third-order valence-corrected chi connectivity index (χ3v) is 2.99. The summed E-state index contributed by atoms with van der Waals surface area (Å²) < 4.78 is 0.925. The van der Waals surface area contributed by atoms with Crippen LogP contribution in [-0.4, -0.2) is 16.3 Å². The van der Waals surface area contributed by atoms with Crippen LogP contribution in [0.15, 0.2) is 9.72 Å². The molecule has 0 spiro atoms. The molecule has 11 heavy (non-hydrogen) atoms. The van der Waals surface area contributed by atoms with E-state index in [2.05, 4.69) is 10.9 Å². The third kappa shape index (κ3) is 1.96. The van der Waals surface area contributed by atoms with Crippen molar-refractivity contribution in [3.63, 3.8) is 0 Å². The van der Waals surface area contributed by atoms with E-state index in [1.165, 1.54) is 11.3 Å². The van der Waals surface area contributed by atoms with E-state index in [0.717, 1.165) is 4.34 Å². The lowest BCUT2D eigenvalue weighted by molar-refractivity contribution is 0.234. The van der Waals surface area contributed by atoms with E-state index in [9.17, 15) is 0 Å². The second-order valence-electron chi connectivity index (χ2n) is 1.81. The van der Waals surface area contributed by atoms with Crippen LogP contribution in [0.5, 0.6) is 0 Å². The largest absolute Gasteiger partial charge is 0.374 e. The Balaban J connectivity index is 2.82. The van der Waals surface area contributed by atoms with E-state index in [0.29, 0.717) is 5.69 Å². The van der Waals surface area contributed by atoms with Gasteiger partial charge in [0.2, 0.25) is 0 Å². The summed E-state index contributed by atoms with van der Waals surface area (Å²) in [6.45, 7) is 0. The van der Waals surface area contributed by atoms with Gasteiger partial charge in [-0.1, -0.05) is 17.7 Å². The van der Waals surface area contributed by atoms with Crippen molar-refractivity contribution in [1.29, 1.82) is 0 Å². The van der Waals surface area contributed by atoms with Crippen LogP contribution < -0.4 is 0 Å². The molecule has 0 amide bonds. The quantitative estimate of drug-likeness (QED) is 0.560. The second-order valence-corrected chi connectivity index (χ2v) is 3.72. The molecule has 1 atom stereocenters. The fraction of sp³-hybridized carbons (Fsp3) is 0.286. The zero-order valence-corrected chi connectivity index (χ0v) is 7.58. The highest BCUT2D eigenvalue weighted by Gasteiger charge is 2.07. The Morgan fingerprint density at radius 3 is 3.09 bits per heavy atom. The SMILES string of the molecule is C#CC(O)c1csc(SC)n1. The molecule has 0 radical (unpaired) electrons. The number of thiazole rings is 1. The van der Waals surface area contributed by atoms with Gasteiger partial charge in [-0.15, -0.1) is 17.8 Å². The van der Waals surface area contributed by atoms with Crippen molar-refractivity contribution in [2.45, 2.75) is 10.4 Å². The first-order chi connectivity index (χ1) is 5.27. The number of nitrogens with zero attached hydrogens (tertiary/aromatic N) is 1. The molecule has 1 heterocycles. The Labute approximate surface area is 73.7 Å². The number of aliphatic hydroxyl groups is 1. The molecule has 0 saturated heterocycles. The number of terminal acetylenes is 1. The molecule has 0 aromatic carbocycles. The van der Waals surface area contributed by atoms with Gasteiger partial charge in [-0.2, -0.15) is 0 Å². The zero-order valence-electron chi connectivity index (χ0n) is 5.94. The first-order valence-corrected chi connectivity index (χ1v) is 5.02. The van der Waals surface area contributed by atoms with E-state index in [4.69, 9.17) is 11.5 Å². The summed E-state index contributed by atoms with van der Waals surface area (Å²) in [5.41, 5.74) is 0.571. The zero-order chi connectivity index (χ0) is 8.27. The standard InChI is InChI=1S/C7H7NOS2/c1-3-6(9)5-4-11-7(8-5)10-2/h1,4,6,9H,2H3. The van der Waals surface area contributed by atoms with Crippen LogP contribution in [0, 0.1) is 12.3 Å². The monoisotopic (exact) mass is 185 g/mol. The average molecular weight is 185 g/mol. The lowest BCUT2D eigenvalue weighted by atomic mass is 10.3. The molecule has 0 fully saturated rings. The molecule has 0 bridgehead atoms. The Hall–Kier alpha value is -0.500. The maximum absolute atomic E-state index is 9.14. The molecule has 2 nitrogen and oxygen atoms in total. The smallest absolute Gasteiger partial charge is 0.157 e. The first-order valence-electron chi connectivity index (χ1n) is 2.91. The Morgan fingerprint density at radius 2 is 2.64 bits per heavy atom. The summed E-state index contributed by atoms with van der Waals surface area (Å²) in [6, 6.07) is 0. The van der Waals surface area contributed by atoms with E-state index in [1.807, 2.05) is 6.26 Å². The number of aliphatic hydroxyl groups excluding tert-OH is 1.